The molecule has 63 heavy (non-hydrogen) atoms. The highest BCUT2D eigenvalue weighted by atomic mass is 32.2. The van der Waals surface area contributed by atoms with Gasteiger partial charge in [-0.15, -0.1) is 11.3 Å². The van der Waals surface area contributed by atoms with Gasteiger partial charge in [0.05, 0.1) is 15.7 Å². The first-order valence-corrected chi connectivity index (χ1v) is 24.4. The van der Waals surface area contributed by atoms with Gasteiger partial charge in [0.25, 0.3) is 0 Å². The Labute approximate surface area is 378 Å². The number of aromatic nitrogens is 1. The third-order valence-corrected chi connectivity index (χ3v) is 17.6. The second-order valence-corrected chi connectivity index (χ2v) is 22.9. The summed E-state index contributed by atoms with van der Waals surface area (Å²) >= 11 is 5.72. The predicted molar refractivity (Wildman–Crippen MR) is 272 cm³/mol. The fraction of sp³-hybridized carbons (Fsp3) is 0.143. The molecule has 302 valence electrons. The van der Waals surface area contributed by atoms with E-state index in [-0.39, 0.29) is 17.7 Å². The van der Waals surface area contributed by atoms with Crippen molar-refractivity contribution in [3.63, 3.8) is 0 Å². The van der Waals surface area contributed by atoms with Crippen LogP contribution in [0.15, 0.2) is 164 Å². The van der Waals surface area contributed by atoms with Gasteiger partial charge in [-0.2, -0.15) is 0 Å². The van der Waals surface area contributed by atoms with Crippen LogP contribution in [0.5, 0.6) is 0 Å². The lowest BCUT2D eigenvalue weighted by atomic mass is 9.43. The summed E-state index contributed by atoms with van der Waals surface area (Å²) in [4.78, 5) is 7.97. The Morgan fingerprint density at radius 2 is 1.22 bits per heavy atom. The first-order valence-electron chi connectivity index (χ1n) is 21.9. The number of thiophene rings is 1. The van der Waals surface area contributed by atoms with Crippen LogP contribution in [0.4, 0.5) is 11.4 Å². The fourth-order valence-electron chi connectivity index (χ4n) is 10.9. The molecule has 3 nitrogen and oxygen atoms in total. The molecule has 0 fully saturated rings. The molecule has 7 heteroatoms. The van der Waals surface area contributed by atoms with Crippen molar-refractivity contribution >= 4 is 128 Å². The predicted octanol–water partition coefficient (Wildman–Crippen LogP) is 15.5. The Bertz CT molecular complexity index is 3860. The van der Waals surface area contributed by atoms with Crippen LogP contribution in [0.2, 0.25) is 0 Å². The minimum absolute atomic E-state index is 0.000396. The minimum Gasteiger partial charge on any atom is -0.456 e. The topological polar surface area (TPSA) is 21.3 Å². The quantitative estimate of drug-likeness (QED) is 0.153. The second kappa shape index (κ2) is 12.4. The van der Waals surface area contributed by atoms with Gasteiger partial charge < -0.3 is 13.8 Å². The molecule has 8 aromatic carbocycles. The minimum atomic E-state index is -0.133. The molecule has 3 aromatic heterocycles. The van der Waals surface area contributed by atoms with Crippen LogP contribution in [0.25, 0.3) is 80.7 Å². The van der Waals surface area contributed by atoms with Crippen LogP contribution < -0.4 is 15.7 Å². The van der Waals surface area contributed by atoms with Crippen molar-refractivity contribution in [1.29, 1.82) is 0 Å². The zero-order valence-electron chi connectivity index (χ0n) is 35.9. The Balaban J connectivity index is 1.20. The highest BCUT2D eigenvalue weighted by Gasteiger charge is 2.47. The molecule has 3 aliphatic rings. The number of hydrogen-bond donors (Lipinski definition) is 0. The molecule has 11 aromatic rings. The summed E-state index contributed by atoms with van der Waals surface area (Å²) in [5.41, 5.74) is 15.9. The van der Waals surface area contributed by atoms with Crippen LogP contribution >= 0.6 is 34.9 Å². The summed E-state index contributed by atoms with van der Waals surface area (Å²) in [6.45, 7) is 14.0. The van der Waals surface area contributed by atoms with Gasteiger partial charge in [-0.1, -0.05) is 138 Å². The van der Waals surface area contributed by atoms with E-state index in [4.69, 9.17) is 4.42 Å². The molecule has 0 saturated heterocycles. The maximum absolute atomic E-state index is 6.96. The molecule has 0 bridgehead atoms. The summed E-state index contributed by atoms with van der Waals surface area (Å²) in [6.07, 6.45) is 0. The molecule has 0 N–H and O–H groups in total. The number of para-hydroxylation sites is 1. The largest absolute Gasteiger partial charge is 0.456 e. The molecule has 0 amide bonds. The van der Waals surface area contributed by atoms with Crippen molar-refractivity contribution in [3.05, 3.63) is 151 Å². The van der Waals surface area contributed by atoms with Crippen LogP contribution in [-0.4, -0.2) is 11.4 Å². The third-order valence-electron chi connectivity index (χ3n) is 13.9. The number of nitrogens with zero attached hydrogens (tertiary/aromatic N) is 2. The van der Waals surface area contributed by atoms with E-state index in [9.17, 15) is 0 Å². The number of fused-ring (bicyclic) bond motifs is 16. The second-order valence-electron chi connectivity index (χ2n) is 19.7. The Morgan fingerprint density at radius 1 is 0.524 bits per heavy atom. The normalized spacial score (nSPS) is 14.3. The van der Waals surface area contributed by atoms with Crippen molar-refractivity contribution < 1.29 is 4.42 Å². The molecule has 0 spiro atoms. The Morgan fingerprint density at radius 3 is 2.02 bits per heavy atom. The number of anilines is 2. The van der Waals surface area contributed by atoms with Crippen LogP contribution in [0, 0.1) is 0 Å². The van der Waals surface area contributed by atoms with E-state index in [2.05, 4.69) is 190 Å². The van der Waals surface area contributed by atoms with Gasteiger partial charge in [0.2, 0.25) is 0 Å². The summed E-state index contributed by atoms with van der Waals surface area (Å²) in [5, 5.41) is 7.60. The van der Waals surface area contributed by atoms with Crippen LogP contribution in [0.1, 0.15) is 52.7 Å². The maximum atomic E-state index is 6.96. The van der Waals surface area contributed by atoms with E-state index < -0.39 is 0 Å². The van der Waals surface area contributed by atoms with E-state index in [0.717, 1.165) is 16.6 Å². The number of rotatable bonds is 1. The van der Waals surface area contributed by atoms with Gasteiger partial charge in [0.15, 0.2) is 0 Å². The summed E-state index contributed by atoms with van der Waals surface area (Å²) in [5.74, 6) is 0. The number of furan rings is 1. The molecule has 0 saturated carbocycles. The maximum Gasteiger partial charge on any atom is 0.333 e. The first kappa shape index (κ1) is 36.6. The van der Waals surface area contributed by atoms with Crippen LogP contribution in [-0.2, 0) is 10.8 Å². The molecule has 0 radical (unpaired) electrons. The van der Waals surface area contributed by atoms with Gasteiger partial charge in [-0.25, -0.2) is 0 Å². The summed E-state index contributed by atoms with van der Waals surface area (Å²) in [7, 11) is 0. The summed E-state index contributed by atoms with van der Waals surface area (Å²) in [6, 6.07) is 53.2. The lowest BCUT2D eigenvalue weighted by Gasteiger charge is -2.43. The van der Waals surface area contributed by atoms with E-state index in [1.807, 2.05) is 34.9 Å². The van der Waals surface area contributed by atoms with E-state index in [1.165, 1.54) is 117 Å². The highest BCUT2D eigenvalue weighted by Crippen LogP contribution is 2.56. The lowest BCUT2D eigenvalue weighted by Crippen LogP contribution is -2.61. The molecule has 6 heterocycles. The first-order chi connectivity index (χ1) is 30.5. The van der Waals surface area contributed by atoms with Crippen molar-refractivity contribution in [1.82, 2.24) is 4.57 Å². The van der Waals surface area contributed by atoms with Crippen molar-refractivity contribution in [2.24, 2.45) is 0 Å². The standard InChI is InChI=1S/C56H41BN2OS3/c1-55(2,3)30-22-23-39-35(24-30)36-25-31(56(4,5)6)26-38-53(36)58(39)42-28-44-50(34-15-7-9-18-43(34)60-44)51-37-27-48-49(62-47-21-12-11-20-46(47)61-48)29-41(37)59(57(38)52(42)51)40-17-13-16-33-32-14-8-10-19-45(32)63-54(33)40/h7-29H,1-6H3. The fourth-order valence-corrected chi connectivity index (χ4v) is 14.4. The average Bonchev–Trinajstić information content (AvgIpc) is 3.95. The number of benzene rings is 8. The third kappa shape index (κ3) is 4.96. The van der Waals surface area contributed by atoms with Crippen molar-refractivity contribution in [2.75, 3.05) is 4.81 Å². The van der Waals surface area contributed by atoms with Crippen molar-refractivity contribution in [3.8, 4) is 16.8 Å². The Kier molecular flexibility index (Phi) is 7.23. The van der Waals surface area contributed by atoms with E-state index in [1.54, 1.807) is 0 Å². The number of hydrogen-bond acceptors (Lipinski definition) is 5. The molecule has 14 rings (SSSR count). The van der Waals surface area contributed by atoms with Gasteiger partial charge in [-0.3, -0.25) is 0 Å². The smallest absolute Gasteiger partial charge is 0.333 e. The molecule has 0 aliphatic carbocycles. The lowest BCUT2D eigenvalue weighted by molar-refractivity contribution is 0.590. The molecule has 0 atom stereocenters. The van der Waals surface area contributed by atoms with E-state index >= 15 is 0 Å². The van der Waals surface area contributed by atoms with Gasteiger partial charge in [0.1, 0.15) is 11.2 Å². The average molecular weight is 865 g/mol. The van der Waals surface area contributed by atoms with Crippen LogP contribution in [0.3, 0.4) is 0 Å². The molecule has 3 aliphatic heterocycles. The van der Waals surface area contributed by atoms with Gasteiger partial charge in [0, 0.05) is 85.3 Å². The Hall–Kier alpha value is -5.86. The van der Waals surface area contributed by atoms with Gasteiger partial charge >= 0.3 is 6.85 Å². The summed E-state index contributed by atoms with van der Waals surface area (Å²) < 4.78 is 12.2. The molecule has 0 unspecified atom stereocenters. The van der Waals surface area contributed by atoms with E-state index in [0.29, 0.717) is 0 Å². The van der Waals surface area contributed by atoms with Crippen molar-refractivity contribution in [2.45, 2.75) is 72.0 Å². The monoisotopic (exact) mass is 864 g/mol. The molecular weight excluding hydrogens is 824 g/mol. The zero-order valence-corrected chi connectivity index (χ0v) is 38.3. The van der Waals surface area contributed by atoms with Gasteiger partial charge in [-0.05, 0) is 99.1 Å². The zero-order chi connectivity index (χ0) is 42.3. The SMILES string of the molecule is CC(C)(C)c1ccc2c(c1)c1cc(C(C)(C)C)cc3c1n2-c1cc2oc4ccccc4c2c2c1B3N(c1cccc3c1sc1ccccc13)c1cc3c(cc1-2)Sc1ccccc1S3. The highest BCUT2D eigenvalue weighted by molar-refractivity contribution is 8.05. The molecular formula is C56H41BN2OS3.